The number of nitrogens with zero attached hydrogens (tertiary/aromatic N) is 1. The van der Waals surface area contributed by atoms with E-state index in [4.69, 9.17) is 11.6 Å². The van der Waals surface area contributed by atoms with Crippen LogP contribution in [0, 0.1) is 0 Å². The molecule has 1 N–H and O–H groups in total. The van der Waals surface area contributed by atoms with Gasteiger partial charge in [0.15, 0.2) is 0 Å². The first kappa shape index (κ1) is 10.9. The standard InChI is InChI=1S/C10H13ClN2O/c1-12-10(14)13(2)7-8-4-3-5-9(11)6-8/h3-6H,7H2,1-2H3,(H,12,14). The highest BCUT2D eigenvalue weighted by atomic mass is 35.5. The van der Waals surface area contributed by atoms with Crippen molar-refractivity contribution >= 4 is 17.6 Å². The summed E-state index contributed by atoms with van der Waals surface area (Å²) in [4.78, 5) is 12.8. The predicted octanol–water partition coefficient (Wildman–Crippen LogP) is 2.11. The van der Waals surface area contributed by atoms with E-state index in [0.29, 0.717) is 11.6 Å². The molecule has 0 aliphatic carbocycles. The van der Waals surface area contributed by atoms with Crippen molar-refractivity contribution in [3.63, 3.8) is 0 Å². The molecule has 0 aliphatic heterocycles. The van der Waals surface area contributed by atoms with Gasteiger partial charge in [-0.15, -0.1) is 0 Å². The first-order valence-corrected chi connectivity index (χ1v) is 4.68. The monoisotopic (exact) mass is 212 g/mol. The molecule has 0 saturated carbocycles. The van der Waals surface area contributed by atoms with Crippen LogP contribution in [0.3, 0.4) is 0 Å². The number of hydrogen-bond acceptors (Lipinski definition) is 1. The molecule has 0 heterocycles. The Balaban J connectivity index is 2.64. The molecule has 76 valence electrons. The molecule has 0 fully saturated rings. The van der Waals surface area contributed by atoms with Gasteiger partial charge >= 0.3 is 6.03 Å². The molecule has 1 aromatic rings. The van der Waals surface area contributed by atoms with Gasteiger partial charge in [0.05, 0.1) is 0 Å². The molecule has 3 nitrogen and oxygen atoms in total. The smallest absolute Gasteiger partial charge is 0.317 e. The molecule has 0 unspecified atom stereocenters. The molecular formula is C10H13ClN2O. The Kier molecular flexibility index (Phi) is 3.77. The van der Waals surface area contributed by atoms with Gasteiger partial charge in [-0.2, -0.15) is 0 Å². The lowest BCUT2D eigenvalue weighted by Gasteiger charge is -2.16. The van der Waals surface area contributed by atoms with Crippen molar-refractivity contribution in [1.82, 2.24) is 10.2 Å². The Morgan fingerprint density at radius 3 is 2.86 bits per heavy atom. The fraction of sp³-hybridized carbons (Fsp3) is 0.300. The van der Waals surface area contributed by atoms with E-state index < -0.39 is 0 Å². The summed E-state index contributed by atoms with van der Waals surface area (Å²) >= 11 is 5.82. The van der Waals surface area contributed by atoms with Crippen LogP contribution in [-0.4, -0.2) is 25.0 Å². The van der Waals surface area contributed by atoms with Crippen molar-refractivity contribution in [2.45, 2.75) is 6.54 Å². The highest BCUT2D eigenvalue weighted by Gasteiger charge is 2.05. The van der Waals surface area contributed by atoms with Gasteiger partial charge < -0.3 is 10.2 Å². The van der Waals surface area contributed by atoms with Gasteiger partial charge in [-0.05, 0) is 17.7 Å². The van der Waals surface area contributed by atoms with E-state index in [1.54, 1.807) is 19.0 Å². The normalized spacial score (nSPS) is 9.64. The van der Waals surface area contributed by atoms with Gasteiger partial charge in [-0.1, -0.05) is 23.7 Å². The Bertz CT molecular complexity index is 328. The molecule has 1 aromatic carbocycles. The van der Waals surface area contributed by atoms with E-state index in [2.05, 4.69) is 5.32 Å². The third kappa shape index (κ3) is 2.92. The van der Waals surface area contributed by atoms with E-state index >= 15 is 0 Å². The molecule has 2 amide bonds. The maximum Gasteiger partial charge on any atom is 0.317 e. The van der Waals surface area contributed by atoms with Gasteiger partial charge in [-0.25, -0.2) is 4.79 Å². The van der Waals surface area contributed by atoms with Crippen LogP contribution in [0.1, 0.15) is 5.56 Å². The van der Waals surface area contributed by atoms with Gasteiger partial charge in [0.1, 0.15) is 0 Å². The number of hydrogen-bond donors (Lipinski definition) is 1. The molecule has 0 atom stereocenters. The van der Waals surface area contributed by atoms with E-state index in [0.717, 1.165) is 5.56 Å². The third-order valence-corrected chi connectivity index (χ3v) is 2.10. The van der Waals surface area contributed by atoms with Crippen molar-refractivity contribution in [3.8, 4) is 0 Å². The summed E-state index contributed by atoms with van der Waals surface area (Å²) < 4.78 is 0. The van der Waals surface area contributed by atoms with Crippen LogP contribution < -0.4 is 5.32 Å². The third-order valence-electron chi connectivity index (χ3n) is 1.87. The second-order valence-corrected chi connectivity index (χ2v) is 3.48. The van der Waals surface area contributed by atoms with Crippen molar-refractivity contribution in [1.29, 1.82) is 0 Å². The Labute approximate surface area is 88.7 Å². The number of carbonyl (C=O) groups is 1. The first-order chi connectivity index (χ1) is 6.63. The number of amides is 2. The van der Waals surface area contributed by atoms with Crippen molar-refractivity contribution in [2.24, 2.45) is 0 Å². The second-order valence-electron chi connectivity index (χ2n) is 3.04. The highest BCUT2D eigenvalue weighted by Crippen LogP contribution is 2.11. The topological polar surface area (TPSA) is 32.3 Å². The number of halogens is 1. The fourth-order valence-corrected chi connectivity index (χ4v) is 1.38. The van der Waals surface area contributed by atoms with Crippen LogP contribution in [0.15, 0.2) is 24.3 Å². The lowest BCUT2D eigenvalue weighted by atomic mass is 10.2. The highest BCUT2D eigenvalue weighted by molar-refractivity contribution is 6.30. The minimum Gasteiger partial charge on any atom is -0.341 e. The SMILES string of the molecule is CNC(=O)N(C)Cc1cccc(Cl)c1. The van der Waals surface area contributed by atoms with Gasteiger partial charge in [0.25, 0.3) is 0 Å². The minimum atomic E-state index is -0.107. The zero-order valence-corrected chi connectivity index (χ0v) is 9.01. The van der Waals surface area contributed by atoms with Crippen molar-refractivity contribution in [2.75, 3.05) is 14.1 Å². The predicted molar refractivity (Wildman–Crippen MR) is 57.4 cm³/mol. The van der Waals surface area contributed by atoms with Crippen LogP contribution in [0.5, 0.6) is 0 Å². The number of rotatable bonds is 2. The van der Waals surface area contributed by atoms with Crippen LogP contribution >= 0.6 is 11.6 Å². The lowest BCUT2D eigenvalue weighted by Crippen LogP contribution is -2.34. The lowest BCUT2D eigenvalue weighted by molar-refractivity contribution is 0.209. The summed E-state index contributed by atoms with van der Waals surface area (Å²) in [5.41, 5.74) is 1.02. The summed E-state index contributed by atoms with van der Waals surface area (Å²) in [6.45, 7) is 0.556. The maximum absolute atomic E-state index is 11.2. The molecule has 0 radical (unpaired) electrons. The molecule has 0 aromatic heterocycles. The van der Waals surface area contributed by atoms with E-state index in [1.807, 2.05) is 24.3 Å². The average molecular weight is 213 g/mol. The molecule has 1 rings (SSSR count). The molecule has 14 heavy (non-hydrogen) atoms. The van der Waals surface area contributed by atoms with Crippen molar-refractivity contribution in [3.05, 3.63) is 34.9 Å². The first-order valence-electron chi connectivity index (χ1n) is 4.31. The summed E-state index contributed by atoms with van der Waals surface area (Å²) in [5.74, 6) is 0. The number of carbonyl (C=O) groups excluding carboxylic acids is 1. The van der Waals surface area contributed by atoms with Crippen LogP contribution in [-0.2, 0) is 6.54 Å². The molecule has 4 heteroatoms. The van der Waals surface area contributed by atoms with Crippen LogP contribution in [0.25, 0.3) is 0 Å². The van der Waals surface area contributed by atoms with Gasteiger partial charge in [0, 0.05) is 25.7 Å². The Morgan fingerprint density at radius 1 is 1.57 bits per heavy atom. The van der Waals surface area contributed by atoms with E-state index in [9.17, 15) is 4.79 Å². The minimum absolute atomic E-state index is 0.107. The Morgan fingerprint density at radius 2 is 2.29 bits per heavy atom. The van der Waals surface area contributed by atoms with E-state index in [1.165, 1.54) is 0 Å². The molecule has 0 spiro atoms. The quantitative estimate of drug-likeness (QED) is 0.800. The maximum atomic E-state index is 11.2. The molecule has 0 saturated heterocycles. The molecule has 0 aliphatic rings. The largest absolute Gasteiger partial charge is 0.341 e. The average Bonchev–Trinajstić information content (AvgIpc) is 2.16. The van der Waals surface area contributed by atoms with Crippen LogP contribution in [0.2, 0.25) is 5.02 Å². The number of benzene rings is 1. The Hall–Kier alpha value is -1.22. The summed E-state index contributed by atoms with van der Waals surface area (Å²) in [5, 5.41) is 3.24. The molecule has 0 bridgehead atoms. The zero-order chi connectivity index (χ0) is 10.6. The van der Waals surface area contributed by atoms with E-state index in [-0.39, 0.29) is 6.03 Å². The second kappa shape index (κ2) is 4.86. The fourth-order valence-electron chi connectivity index (χ4n) is 1.17. The summed E-state index contributed by atoms with van der Waals surface area (Å²) in [6.07, 6.45) is 0. The van der Waals surface area contributed by atoms with Crippen molar-refractivity contribution < 1.29 is 4.79 Å². The van der Waals surface area contributed by atoms with Gasteiger partial charge in [0.2, 0.25) is 0 Å². The summed E-state index contributed by atoms with van der Waals surface area (Å²) in [6, 6.07) is 7.36. The van der Waals surface area contributed by atoms with Crippen LogP contribution in [0.4, 0.5) is 4.79 Å². The summed E-state index contributed by atoms with van der Waals surface area (Å²) in [7, 11) is 3.34. The number of nitrogens with one attached hydrogen (secondary N) is 1. The zero-order valence-electron chi connectivity index (χ0n) is 8.25. The van der Waals surface area contributed by atoms with Gasteiger partial charge in [-0.3, -0.25) is 0 Å². The number of urea groups is 1. The molecular weight excluding hydrogens is 200 g/mol.